The first-order chi connectivity index (χ1) is 15.9. The fourth-order valence-corrected chi connectivity index (χ4v) is 9.35. The van der Waals surface area contributed by atoms with Gasteiger partial charge in [-0.25, -0.2) is 0 Å². The van der Waals surface area contributed by atoms with Gasteiger partial charge in [-0.1, -0.05) is 32.4 Å². The highest BCUT2D eigenvalue weighted by Crippen LogP contribution is 2.74. The van der Waals surface area contributed by atoms with Crippen molar-refractivity contribution in [2.45, 2.75) is 99.8 Å². The Balaban J connectivity index is 1.83. The fourth-order valence-electron chi connectivity index (χ4n) is 9.35. The third-order valence-electron chi connectivity index (χ3n) is 12.4. The van der Waals surface area contributed by atoms with Gasteiger partial charge in [-0.2, -0.15) is 0 Å². The van der Waals surface area contributed by atoms with Crippen molar-refractivity contribution in [2.75, 3.05) is 0 Å². The van der Waals surface area contributed by atoms with Gasteiger partial charge in [-0.3, -0.25) is 14.4 Å². The van der Waals surface area contributed by atoms with Crippen LogP contribution in [0.2, 0.25) is 0 Å². The topological polar surface area (TPSA) is 112 Å². The van der Waals surface area contributed by atoms with Crippen LogP contribution in [0.5, 0.6) is 0 Å². The molecule has 0 unspecified atom stereocenters. The fraction of sp³-hybridized carbons (Fsp3) is 0.828. The molecule has 6 nitrogen and oxygen atoms in total. The maximum Gasteiger partial charge on any atom is 0.309 e. The summed E-state index contributed by atoms with van der Waals surface area (Å²) in [6.07, 6.45) is 8.42. The highest BCUT2D eigenvalue weighted by Gasteiger charge is 2.69. The van der Waals surface area contributed by atoms with Crippen LogP contribution in [0.3, 0.4) is 0 Å². The van der Waals surface area contributed by atoms with Crippen LogP contribution in [0, 0.1) is 50.2 Å². The highest BCUT2D eigenvalue weighted by atomic mass is 16.4. The molecule has 4 aliphatic rings. The molecule has 4 aliphatic carbocycles. The SMILES string of the molecule is CC(C)(C(=O)O)[C@@H]1CC[C@]2(C)[C@H](CC=C3[C@@H]4C[C@@](C)(C(=O)O)CC[C@]4(C)CC[C@]32C)[C@@]1(C)C(=O)O. The van der Waals surface area contributed by atoms with Crippen molar-refractivity contribution in [2.24, 2.45) is 50.2 Å². The zero-order valence-electron chi connectivity index (χ0n) is 22.5. The van der Waals surface area contributed by atoms with Crippen LogP contribution >= 0.6 is 0 Å². The average Bonchev–Trinajstić information content (AvgIpc) is 2.75. The van der Waals surface area contributed by atoms with Crippen molar-refractivity contribution in [3.63, 3.8) is 0 Å². The van der Waals surface area contributed by atoms with E-state index in [1.165, 1.54) is 5.57 Å². The lowest BCUT2D eigenvalue weighted by Crippen LogP contribution is -2.64. The lowest BCUT2D eigenvalue weighted by Gasteiger charge is -2.68. The average molecular weight is 489 g/mol. The molecule has 0 aromatic carbocycles. The molecule has 3 N–H and O–H groups in total. The molecule has 0 bridgehead atoms. The summed E-state index contributed by atoms with van der Waals surface area (Å²) >= 11 is 0. The van der Waals surface area contributed by atoms with Crippen LogP contribution in [0.4, 0.5) is 0 Å². The summed E-state index contributed by atoms with van der Waals surface area (Å²) in [4.78, 5) is 37.4. The minimum absolute atomic E-state index is 0.0715. The first-order valence-corrected chi connectivity index (χ1v) is 13.3. The zero-order valence-corrected chi connectivity index (χ0v) is 22.5. The van der Waals surface area contributed by atoms with Gasteiger partial charge in [0, 0.05) is 0 Å². The summed E-state index contributed by atoms with van der Waals surface area (Å²) < 4.78 is 0. The molecule has 0 amide bonds. The first-order valence-electron chi connectivity index (χ1n) is 13.3. The second-order valence-electron chi connectivity index (χ2n) is 14.2. The predicted octanol–water partition coefficient (Wildman–Crippen LogP) is 6.25. The van der Waals surface area contributed by atoms with Crippen molar-refractivity contribution in [3.05, 3.63) is 11.6 Å². The van der Waals surface area contributed by atoms with E-state index in [9.17, 15) is 29.7 Å². The van der Waals surface area contributed by atoms with Gasteiger partial charge in [-0.15, -0.1) is 0 Å². The van der Waals surface area contributed by atoms with Gasteiger partial charge in [0.05, 0.1) is 16.2 Å². The number of fused-ring (bicyclic) bond motifs is 5. The van der Waals surface area contributed by atoms with Crippen molar-refractivity contribution >= 4 is 17.9 Å². The van der Waals surface area contributed by atoms with Gasteiger partial charge in [-0.05, 0) is 113 Å². The van der Waals surface area contributed by atoms with E-state index in [2.05, 4.69) is 26.8 Å². The molecule has 0 aromatic rings. The van der Waals surface area contributed by atoms with Gasteiger partial charge in [0.15, 0.2) is 0 Å². The Kier molecular flexibility index (Phi) is 5.68. The maximum absolute atomic E-state index is 13.0. The molecule has 8 atom stereocenters. The third-order valence-corrected chi connectivity index (χ3v) is 12.4. The molecule has 196 valence electrons. The monoisotopic (exact) mass is 488 g/mol. The largest absolute Gasteiger partial charge is 0.481 e. The lowest BCUT2D eigenvalue weighted by molar-refractivity contribution is -0.198. The molecule has 0 saturated heterocycles. The highest BCUT2D eigenvalue weighted by molar-refractivity contribution is 5.80. The normalized spacial score (nSPS) is 47.5. The Labute approximate surface area is 209 Å². The van der Waals surface area contributed by atoms with E-state index < -0.39 is 40.1 Å². The van der Waals surface area contributed by atoms with Gasteiger partial charge in [0.1, 0.15) is 0 Å². The molecule has 6 heteroatoms. The smallest absolute Gasteiger partial charge is 0.309 e. The number of hydrogen-bond acceptors (Lipinski definition) is 3. The number of hydrogen-bond donors (Lipinski definition) is 3. The van der Waals surface area contributed by atoms with Crippen LogP contribution in [0.1, 0.15) is 99.8 Å². The predicted molar refractivity (Wildman–Crippen MR) is 133 cm³/mol. The van der Waals surface area contributed by atoms with Crippen LogP contribution in [0.15, 0.2) is 11.6 Å². The Bertz CT molecular complexity index is 997. The number of carboxylic acid groups (broad SMARTS) is 3. The number of rotatable bonds is 4. The van der Waals surface area contributed by atoms with Crippen LogP contribution in [-0.4, -0.2) is 33.2 Å². The standard InChI is InChI=1S/C29H44O6/c1-24(2,21(30)31)19-10-11-28(6)20(29(19,7)23(34)35)9-8-17-18-16-26(4,22(32)33)13-12-25(18,3)14-15-27(17,28)5/h8,18-20H,9-16H2,1-7H3,(H,30,31)(H,32,33)(H,34,35)/t18-,19-,20-,25+,26-,27+,28+,29-/m0/s1. The molecule has 0 aromatic heterocycles. The summed E-state index contributed by atoms with van der Waals surface area (Å²) in [5.41, 5.74) is -2.15. The Morgan fingerprint density at radius 2 is 1.49 bits per heavy atom. The summed E-state index contributed by atoms with van der Waals surface area (Å²) in [6, 6.07) is 0. The zero-order chi connectivity index (χ0) is 26.4. The molecule has 3 saturated carbocycles. The summed E-state index contributed by atoms with van der Waals surface area (Å²) in [7, 11) is 0. The number of allylic oxidation sites excluding steroid dienone is 2. The molecular weight excluding hydrogens is 444 g/mol. The van der Waals surface area contributed by atoms with Crippen molar-refractivity contribution in [1.82, 2.24) is 0 Å². The molecule has 0 heterocycles. The lowest BCUT2D eigenvalue weighted by atomic mass is 9.35. The molecule has 4 rings (SSSR count). The Morgan fingerprint density at radius 1 is 0.886 bits per heavy atom. The van der Waals surface area contributed by atoms with E-state index >= 15 is 0 Å². The first kappa shape index (κ1) is 26.2. The van der Waals surface area contributed by atoms with E-state index in [1.807, 2.05) is 6.92 Å². The maximum atomic E-state index is 13.0. The second-order valence-corrected chi connectivity index (χ2v) is 14.2. The molecule has 0 spiro atoms. The Hall–Kier alpha value is -1.85. The van der Waals surface area contributed by atoms with Crippen molar-refractivity contribution < 1.29 is 29.7 Å². The molecule has 0 radical (unpaired) electrons. The summed E-state index contributed by atoms with van der Waals surface area (Å²) in [5.74, 6) is -3.04. The molecule has 35 heavy (non-hydrogen) atoms. The van der Waals surface area contributed by atoms with E-state index in [0.717, 1.165) is 25.7 Å². The summed E-state index contributed by atoms with van der Waals surface area (Å²) in [6.45, 7) is 13.9. The van der Waals surface area contributed by atoms with E-state index in [-0.39, 0.29) is 28.1 Å². The van der Waals surface area contributed by atoms with Crippen molar-refractivity contribution in [3.8, 4) is 0 Å². The molecule has 0 aliphatic heterocycles. The van der Waals surface area contributed by atoms with Crippen LogP contribution in [-0.2, 0) is 14.4 Å². The Morgan fingerprint density at radius 3 is 2.03 bits per heavy atom. The number of carboxylic acids is 3. The third kappa shape index (κ3) is 3.23. The minimum Gasteiger partial charge on any atom is -0.481 e. The molecular formula is C29H44O6. The van der Waals surface area contributed by atoms with Gasteiger partial charge < -0.3 is 15.3 Å². The minimum atomic E-state index is -1.16. The van der Waals surface area contributed by atoms with E-state index in [1.54, 1.807) is 20.8 Å². The number of aliphatic carboxylic acids is 3. The second kappa shape index (κ2) is 7.58. The van der Waals surface area contributed by atoms with Gasteiger partial charge in [0.25, 0.3) is 0 Å². The molecule has 3 fully saturated rings. The summed E-state index contributed by atoms with van der Waals surface area (Å²) in [5, 5.41) is 30.6. The van der Waals surface area contributed by atoms with E-state index in [0.29, 0.717) is 25.7 Å². The van der Waals surface area contributed by atoms with E-state index in [4.69, 9.17) is 0 Å². The number of carbonyl (C=O) groups is 3. The quantitative estimate of drug-likeness (QED) is 0.403. The van der Waals surface area contributed by atoms with Gasteiger partial charge in [0.2, 0.25) is 0 Å². The van der Waals surface area contributed by atoms with Crippen LogP contribution in [0.25, 0.3) is 0 Å². The van der Waals surface area contributed by atoms with Crippen molar-refractivity contribution in [1.29, 1.82) is 0 Å². The van der Waals surface area contributed by atoms with Gasteiger partial charge >= 0.3 is 17.9 Å². The van der Waals surface area contributed by atoms with Crippen LogP contribution < -0.4 is 0 Å².